The van der Waals surface area contributed by atoms with Crippen molar-refractivity contribution >= 4 is 27.9 Å². The second-order valence-corrected chi connectivity index (χ2v) is 24.0. The van der Waals surface area contributed by atoms with Crippen molar-refractivity contribution < 1.29 is 133 Å². The number of amides is 2. The zero-order valence-corrected chi connectivity index (χ0v) is 64.8. The largest absolute Gasteiger partial charge is 0.494 e. The SMILES string of the molecule is O=C(CCOCCOCCOCCOCCOCCOCCOCCOCCOCCOCCOCCOCCOCCOCCOCCOCCOCCOCCOCCOCCOCCOCCOCCOCCNC(=O)OCC1c2ccccc2-c2ccccc21)NCCCCOc1ccc(Br)cc1. The van der Waals surface area contributed by atoms with Gasteiger partial charge >= 0.3 is 6.09 Å². The van der Waals surface area contributed by atoms with Crippen molar-refractivity contribution in [2.45, 2.75) is 25.2 Å². The van der Waals surface area contributed by atoms with Gasteiger partial charge in [0.15, 0.2) is 0 Å². The van der Waals surface area contributed by atoms with E-state index in [1.54, 1.807) is 0 Å². The summed E-state index contributed by atoms with van der Waals surface area (Å²) in [7, 11) is 0. The highest BCUT2D eigenvalue weighted by atomic mass is 79.9. The fourth-order valence-corrected chi connectivity index (χ4v) is 9.73. The molecular formula is C76H125BrN2O28. The van der Waals surface area contributed by atoms with Crippen LogP contribution in [0.2, 0.25) is 0 Å². The third-order valence-corrected chi connectivity index (χ3v) is 15.4. The summed E-state index contributed by atoms with van der Waals surface area (Å²) in [5.74, 6) is 0.836. The molecule has 0 aliphatic heterocycles. The van der Waals surface area contributed by atoms with E-state index in [2.05, 4.69) is 50.8 Å². The van der Waals surface area contributed by atoms with Gasteiger partial charge in [-0.15, -0.1) is 0 Å². The number of unbranched alkanes of at least 4 members (excludes halogenated alkanes) is 1. The van der Waals surface area contributed by atoms with Crippen molar-refractivity contribution in [2.75, 3.05) is 343 Å². The van der Waals surface area contributed by atoms with E-state index in [0.717, 1.165) is 23.1 Å². The number of benzene rings is 3. The minimum absolute atomic E-state index is 0.0253. The summed E-state index contributed by atoms with van der Waals surface area (Å²) in [5, 5.41) is 5.65. The summed E-state index contributed by atoms with van der Waals surface area (Å²) < 4.78 is 145. The van der Waals surface area contributed by atoms with Crippen LogP contribution in [0.3, 0.4) is 0 Å². The Morgan fingerprint density at radius 2 is 0.523 bits per heavy atom. The van der Waals surface area contributed by atoms with Gasteiger partial charge in [0.2, 0.25) is 5.91 Å². The second kappa shape index (κ2) is 74.5. The molecule has 0 unspecified atom stereocenters. The lowest BCUT2D eigenvalue weighted by Crippen LogP contribution is -2.29. The summed E-state index contributed by atoms with van der Waals surface area (Å²) in [4.78, 5) is 24.3. The molecule has 0 saturated heterocycles. The summed E-state index contributed by atoms with van der Waals surface area (Å²) in [5.41, 5.74) is 4.75. The predicted molar refractivity (Wildman–Crippen MR) is 399 cm³/mol. The van der Waals surface area contributed by atoms with Gasteiger partial charge in [-0.1, -0.05) is 64.5 Å². The molecular weight excluding hydrogens is 1470 g/mol. The number of hydrogen-bond donors (Lipinski definition) is 2. The highest BCUT2D eigenvalue weighted by molar-refractivity contribution is 9.10. The number of fused-ring (bicyclic) bond motifs is 3. The number of rotatable bonds is 83. The Bertz CT molecular complexity index is 2390. The van der Waals surface area contributed by atoms with Gasteiger partial charge in [0.25, 0.3) is 0 Å². The molecule has 2 amide bonds. The Labute approximate surface area is 642 Å². The Hall–Kier alpha value is -4.28. The lowest BCUT2D eigenvalue weighted by molar-refractivity contribution is -0.122. The molecule has 0 fully saturated rings. The van der Waals surface area contributed by atoms with Crippen LogP contribution in [-0.2, 0) is 123 Å². The number of carbonyl (C=O) groups is 2. The molecule has 31 heteroatoms. The maximum Gasteiger partial charge on any atom is 0.407 e. The molecule has 3 aromatic rings. The van der Waals surface area contributed by atoms with Crippen LogP contribution < -0.4 is 15.4 Å². The molecule has 1 aliphatic carbocycles. The van der Waals surface area contributed by atoms with E-state index in [-0.39, 0.29) is 18.4 Å². The van der Waals surface area contributed by atoms with Crippen LogP contribution in [0.15, 0.2) is 77.3 Å². The Kier molecular flexibility index (Phi) is 66.2. The third kappa shape index (κ3) is 58.3. The first-order chi connectivity index (χ1) is 53.1. The molecule has 1 aliphatic rings. The molecule has 0 atom stereocenters. The van der Waals surface area contributed by atoms with Crippen LogP contribution >= 0.6 is 15.9 Å². The average Bonchev–Trinajstić information content (AvgIpc) is 1.62. The van der Waals surface area contributed by atoms with E-state index in [9.17, 15) is 9.59 Å². The number of nitrogens with one attached hydrogen (secondary N) is 2. The van der Waals surface area contributed by atoms with Crippen LogP contribution in [0, 0.1) is 0 Å². The number of alkyl carbamates (subject to hydrolysis) is 1. The first-order valence-corrected chi connectivity index (χ1v) is 38.5. The topological polar surface area (TPSA) is 298 Å². The third-order valence-electron chi connectivity index (χ3n) is 14.9. The van der Waals surface area contributed by atoms with Crippen molar-refractivity contribution in [2.24, 2.45) is 0 Å². The van der Waals surface area contributed by atoms with Crippen molar-refractivity contribution in [3.05, 3.63) is 88.4 Å². The summed E-state index contributed by atoms with van der Waals surface area (Å²) in [6.07, 6.45) is 1.57. The van der Waals surface area contributed by atoms with Gasteiger partial charge in [-0.05, 0) is 59.4 Å². The van der Waals surface area contributed by atoms with Gasteiger partial charge in [-0.25, -0.2) is 4.79 Å². The number of carbonyl (C=O) groups excluding carboxylic acids is 2. The van der Waals surface area contributed by atoms with Gasteiger partial charge in [-0.2, -0.15) is 0 Å². The monoisotopic (exact) mass is 1590 g/mol. The van der Waals surface area contributed by atoms with Crippen LogP contribution in [0.1, 0.15) is 36.3 Å². The second-order valence-electron chi connectivity index (χ2n) is 23.1. The average molecular weight is 1590 g/mol. The maximum atomic E-state index is 12.3. The minimum atomic E-state index is -0.460. The highest BCUT2D eigenvalue weighted by Crippen LogP contribution is 2.44. The molecule has 107 heavy (non-hydrogen) atoms. The van der Waals surface area contributed by atoms with Crippen LogP contribution in [0.4, 0.5) is 4.79 Å². The summed E-state index contributed by atoms with van der Waals surface area (Å²) in [6, 6.07) is 24.2. The van der Waals surface area contributed by atoms with Crippen molar-refractivity contribution in [1.82, 2.24) is 10.6 Å². The fraction of sp³-hybridized carbons (Fsp3) is 0.737. The first kappa shape index (κ1) is 95.1. The van der Waals surface area contributed by atoms with Crippen molar-refractivity contribution in [1.29, 1.82) is 0 Å². The molecule has 0 spiro atoms. The zero-order valence-electron chi connectivity index (χ0n) is 63.2. The van der Waals surface area contributed by atoms with Gasteiger partial charge in [0.05, 0.1) is 324 Å². The predicted octanol–water partition coefficient (Wildman–Crippen LogP) is 6.05. The molecule has 30 nitrogen and oxygen atoms in total. The molecule has 0 heterocycles. The van der Waals surface area contributed by atoms with Crippen LogP contribution in [0.25, 0.3) is 11.1 Å². The number of hydrogen-bond acceptors (Lipinski definition) is 28. The van der Waals surface area contributed by atoms with Gasteiger partial charge in [-0.3, -0.25) is 4.79 Å². The number of halogens is 1. The van der Waals surface area contributed by atoms with Gasteiger partial charge in [0.1, 0.15) is 12.4 Å². The molecule has 2 N–H and O–H groups in total. The zero-order chi connectivity index (χ0) is 75.4. The van der Waals surface area contributed by atoms with E-state index in [1.807, 2.05) is 48.5 Å². The molecule has 0 aromatic heterocycles. The molecule has 0 saturated carbocycles. The van der Waals surface area contributed by atoms with Crippen molar-refractivity contribution in [3.8, 4) is 16.9 Å². The lowest BCUT2D eigenvalue weighted by Gasteiger charge is -2.14. The molecule has 3 aromatic carbocycles. The van der Waals surface area contributed by atoms with E-state index in [0.29, 0.717) is 343 Å². The van der Waals surface area contributed by atoms with E-state index < -0.39 is 6.09 Å². The highest BCUT2D eigenvalue weighted by Gasteiger charge is 2.29. The standard InChI is InChI=1S/C76H125BrN2O28/c77-68-11-13-69(14-12-68)106-18-6-5-16-78-75(80)15-19-82-21-23-84-25-27-86-29-31-88-33-35-90-37-39-92-41-43-94-45-47-96-49-51-98-53-55-100-57-59-102-61-63-104-65-66-105-64-62-103-60-58-101-56-54-99-52-50-97-48-46-95-44-42-93-40-38-91-36-34-89-32-30-87-28-26-85-24-22-83-20-17-79-76(81)107-67-74-72-9-3-1-7-70(72)71-8-2-4-10-73(71)74/h1-4,7-14,74H,5-6,15-67H2,(H,78,80)(H,79,81). The molecule has 0 bridgehead atoms. The quantitative estimate of drug-likeness (QED) is 0.0608. The van der Waals surface area contributed by atoms with Gasteiger partial charge < -0.3 is 134 Å². The van der Waals surface area contributed by atoms with E-state index >= 15 is 0 Å². The first-order valence-electron chi connectivity index (χ1n) is 37.7. The van der Waals surface area contributed by atoms with Crippen molar-refractivity contribution in [3.63, 3.8) is 0 Å². The summed E-state index contributed by atoms with van der Waals surface area (Å²) >= 11 is 3.41. The van der Waals surface area contributed by atoms with E-state index in [4.69, 9.17) is 123 Å². The Morgan fingerprint density at radius 3 is 0.804 bits per heavy atom. The summed E-state index contributed by atoms with van der Waals surface area (Å²) in [6.45, 7) is 24.1. The molecule has 4 rings (SSSR count). The lowest BCUT2D eigenvalue weighted by atomic mass is 9.98. The maximum absolute atomic E-state index is 12.3. The molecule has 614 valence electrons. The normalized spacial score (nSPS) is 12.0. The minimum Gasteiger partial charge on any atom is -0.494 e. The Balaban J connectivity index is 0.686. The van der Waals surface area contributed by atoms with Crippen LogP contribution in [0.5, 0.6) is 5.75 Å². The van der Waals surface area contributed by atoms with Crippen LogP contribution in [-0.4, -0.2) is 355 Å². The smallest absolute Gasteiger partial charge is 0.407 e. The molecule has 0 radical (unpaired) electrons. The fourth-order valence-electron chi connectivity index (χ4n) is 9.46. The number of ether oxygens (including phenoxy) is 26. The van der Waals surface area contributed by atoms with Gasteiger partial charge in [0, 0.05) is 29.9 Å². The Morgan fingerprint density at radius 1 is 0.271 bits per heavy atom. The van der Waals surface area contributed by atoms with E-state index in [1.165, 1.54) is 22.3 Å².